The van der Waals surface area contributed by atoms with Crippen LogP contribution < -0.4 is 4.90 Å². The summed E-state index contributed by atoms with van der Waals surface area (Å²) in [5.41, 5.74) is 2.65. The fraction of sp³-hybridized carbons (Fsp3) is 0.333. The monoisotopic (exact) mass is 332 g/mol. The predicted octanol–water partition coefficient (Wildman–Crippen LogP) is 2.43. The van der Waals surface area contributed by atoms with Gasteiger partial charge in [0, 0.05) is 28.5 Å². The van der Waals surface area contributed by atoms with Gasteiger partial charge in [0.1, 0.15) is 12.3 Å². The van der Waals surface area contributed by atoms with Crippen molar-refractivity contribution in [2.75, 3.05) is 26.2 Å². The molecular weight excluding hydrogens is 310 g/mol. The zero-order chi connectivity index (χ0) is 16.5. The highest BCUT2D eigenvalue weighted by molar-refractivity contribution is 6.30. The van der Waals surface area contributed by atoms with Crippen molar-refractivity contribution in [3.05, 3.63) is 64.9 Å². The van der Waals surface area contributed by atoms with E-state index in [2.05, 4.69) is 24.0 Å². The van der Waals surface area contributed by atoms with Crippen molar-refractivity contribution >= 4 is 17.3 Å². The van der Waals surface area contributed by atoms with Crippen LogP contribution in [-0.2, 0) is 4.84 Å². The second-order valence-electron chi connectivity index (χ2n) is 5.23. The van der Waals surface area contributed by atoms with Gasteiger partial charge in [0.05, 0.1) is 13.1 Å². The molecular formula is C18H23ClN3O+. The molecule has 1 aromatic heterocycles. The number of hydrogen-bond acceptors (Lipinski definition) is 3. The lowest BCUT2D eigenvalue weighted by Gasteiger charge is -2.14. The first-order valence-corrected chi connectivity index (χ1v) is 8.32. The fourth-order valence-corrected chi connectivity index (χ4v) is 2.41. The first-order valence-electron chi connectivity index (χ1n) is 7.94. The summed E-state index contributed by atoms with van der Waals surface area (Å²) < 4.78 is 0. The molecule has 2 rings (SSSR count). The van der Waals surface area contributed by atoms with Gasteiger partial charge >= 0.3 is 0 Å². The van der Waals surface area contributed by atoms with Gasteiger partial charge in [0.15, 0.2) is 6.61 Å². The van der Waals surface area contributed by atoms with Crippen LogP contribution in [-0.4, -0.2) is 36.9 Å². The van der Waals surface area contributed by atoms with Gasteiger partial charge in [-0.25, -0.2) is 0 Å². The molecule has 0 amide bonds. The molecule has 0 atom stereocenters. The number of nitrogens with zero attached hydrogens (tertiary/aromatic N) is 2. The molecule has 0 aliphatic heterocycles. The normalized spacial score (nSPS) is 11.7. The molecule has 0 fully saturated rings. The third kappa shape index (κ3) is 5.34. The predicted molar refractivity (Wildman–Crippen MR) is 94.2 cm³/mol. The lowest BCUT2D eigenvalue weighted by atomic mass is 10.0. The highest BCUT2D eigenvalue weighted by Crippen LogP contribution is 2.14. The Hall–Kier alpha value is -1.91. The van der Waals surface area contributed by atoms with Crippen molar-refractivity contribution < 1.29 is 9.74 Å². The average Bonchev–Trinajstić information content (AvgIpc) is 2.60. The van der Waals surface area contributed by atoms with Gasteiger partial charge in [0.2, 0.25) is 0 Å². The van der Waals surface area contributed by atoms with Crippen LogP contribution in [0.5, 0.6) is 0 Å². The molecule has 1 heterocycles. The van der Waals surface area contributed by atoms with Gasteiger partial charge in [-0.3, -0.25) is 4.98 Å². The summed E-state index contributed by atoms with van der Waals surface area (Å²) in [6, 6.07) is 11.4. The lowest BCUT2D eigenvalue weighted by Crippen LogP contribution is -3.11. The molecule has 122 valence electrons. The van der Waals surface area contributed by atoms with E-state index in [1.54, 1.807) is 12.4 Å². The van der Waals surface area contributed by atoms with E-state index in [0.717, 1.165) is 36.5 Å². The lowest BCUT2D eigenvalue weighted by molar-refractivity contribution is -0.896. The van der Waals surface area contributed by atoms with Crippen LogP contribution in [0.2, 0.25) is 5.02 Å². The molecule has 0 unspecified atom stereocenters. The Balaban J connectivity index is 2.14. The minimum atomic E-state index is 0.592. The van der Waals surface area contributed by atoms with Crippen LogP contribution in [0.3, 0.4) is 0 Å². The number of rotatable bonds is 8. The van der Waals surface area contributed by atoms with Crippen LogP contribution in [0.25, 0.3) is 0 Å². The number of halogens is 1. The van der Waals surface area contributed by atoms with Crippen LogP contribution in [0.15, 0.2) is 53.9 Å². The molecule has 0 spiro atoms. The van der Waals surface area contributed by atoms with Crippen molar-refractivity contribution in [1.82, 2.24) is 4.98 Å². The Morgan fingerprint density at radius 1 is 1.13 bits per heavy atom. The van der Waals surface area contributed by atoms with E-state index in [4.69, 9.17) is 16.4 Å². The molecule has 2 aromatic rings. The summed E-state index contributed by atoms with van der Waals surface area (Å²) >= 11 is 5.97. The topological polar surface area (TPSA) is 38.9 Å². The summed E-state index contributed by atoms with van der Waals surface area (Å²) in [7, 11) is 0. The van der Waals surface area contributed by atoms with E-state index in [9.17, 15) is 0 Å². The van der Waals surface area contributed by atoms with Crippen molar-refractivity contribution in [2.24, 2.45) is 5.16 Å². The first kappa shape index (κ1) is 17.4. The van der Waals surface area contributed by atoms with Crippen LogP contribution in [0, 0.1) is 0 Å². The van der Waals surface area contributed by atoms with Crippen molar-refractivity contribution in [1.29, 1.82) is 0 Å². The van der Waals surface area contributed by atoms with Gasteiger partial charge in [-0.2, -0.15) is 0 Å². The maximum Gasteiger partial charge on any atom is 0.165 e. The third-order valence-corrected chi connectivity index (χ3v) is 4.01. The minimum Gasteiger partial charge on any atom is -0.389 e. The molecule has 0 aliphatic carbocycles. The average molecular weight is 333 g/mol. The quantitative estimate of drug-likeness (QED) is 0.458. The zero-order valence-corrected chi connectivity index (χ0v) is 14.4. The van der Waals surface area contributed by atoms with Crippen molar-refractivity contribution in [3.63, 3.8) is 0 Å². The molecule has 0 radical (unpaired) electrons. The van der Waals surface area contributed by atoms with Crippen LogP contribution >= 0.6 is 11.6 Å². The Morgan fingerprint density at radius 3 is 2.48 bits per heavy atom. The van der Waals surface area contributed by atoms with E-state index < -0.39 is 0 Å². The molecule has 4 nitrogen and oxygen atoms in total. The number of aromatic nitrogens is 1. The number of quaternary nitrogens is 1. The Bertz CT molecular complexity index is 610. The van der Waals surface area contributed by atoms with E-state index in [0.29, 0.717) is 11.6 Å². The Labute approximate surface area is 142 Å². The maximum absolute atomic E-state index is 5.97. The fourth-order valence-electron chi connectivity index (χ4n) is 2.29. The summed E-state index contributed by atoms with van der Waals surface area (Å²) in [6.07, 6.45) is 3.53. The summed E-state index contributed by atoms with van der Waals surface area (Å²) in [5, 5.41) is 5.05. The number of pyridine rings is 1. The van der Waals surface area contributed by atoms with Gasteiger partial charge in [-0.05, 0) is 38.1 Å². The number of hydrogen-bond donors (Lipinski definition) is 1. The Morgan fingerprint density at radius 2 is 1.87 bits per heavy atom. The molecule has 0 saturated carbocycles. The SMILES string of the molecule is CC[NH+](CC)CCO/N=C(/c1ccc(Cl)cc1)c1cccnc1. The van der Waals surface area contributed by atoms with Crippen LogP contribution in [0.4, 0.5) is 0 Å². The van der Waals surface area contributed by atoms with E-state index >= 15 is 0 Å². The second kappa shape index (κ2) is 9.28. The summed E-state index contributed by atoms with van der Waals surface area (Å²) in [6.45, 7) is 8.08. The van der Waals surface area contributed by atoms with Gasteiger partial charge in [0.25, 0.3) is 0 Å². The molecule has 1 N–H and O–H groups in total. The summed E-state index contributed by atoms with van der Waals surface area (Å²) in [5.74, 6) is 0. The molecule has 0 saturated heterocycles. The summed E-state index contributed by atoms with van der Waals surface area (Å²) in [4.78, 5) is 11.2. The first-order chi connectivity index (χ1) is 11.2. The molecule has 5 heteroatoms. The smallest absolute Gasteiger partial charge is 0.165 e. The third-order valence-electron chi connectivity index (χ3n) is 3.76. The van der Waals surface area contributed by atoms with Gasteiger partial charge < -0.3 is 9.74 Å². The number of likely N-dealkylation sites (N-methyl/N-ethyl adjacent to an activating group) is 1. The van der Waals surface area contributed by atoms with Crippen molar-refractivity contribution in [2.45, 2.75) is 13.8 Å². The minimum absolute atomic E-state index is 0.592. The van der Waals surface area contributed by atoms with Gasteiger partial charge in [-0.15, -0.1) is 0 Å². The van der Waals surface area contributed by atoms with Crippen molar-refractivity contribution in [3.8, 4) is 0 Å². The van der Waals surface area contributed by atoms with E-state index in [-0.39, 0.29) is 0 Å². The molecule has 23 heavy (non-hydrogen) atoms. The standard InChI is InChI=1S/C18H22ClN3O/c1-3-22(4-2)12-13-23-21-18(16-6-5-11-20-14-16)15-7-9-17(19)10-8-15/h5-11,14H,3-4,12-13H2,1-2H3/p+1/b21-18-. The van der Waals surface area contributed by atoms with Crippen LogP contribution in [0.1, 0.15) is 25.0 Å². The maximum atomic E-state index is 5.97. The second-order valence-corrected chi connectivity index (χ2v) is 5.67. The van der Waals surface area contributed by atoms with E-state index in [1.165, 1.54) is 4.90 Å². The highest BCUT2D eigenvalue weighted by Gasteiger charge is 2.09. The Kier molecular flexibility index (Phi) is 7.04. The van der Waals surface area contributed by atoms with E-state index in [1.807, 2.05) is 36.4 Å². The van der Waals surface area contributed by atoms with Gasteiger partial charge in [-0.1, -0.05) is 28.9 Å². The zero-order valence-electron chi connectivity index (χ0n) is 13.6. The molecule has 1 aromatic carbocycles. The number of nitrogens with one attached hydrogen (secondary N) is 1. The molecule has 0 aliphatic rings. The molecule has 0 bridgehead atoms. The largest absolute Gasteiger partial charge is 0.389 e. The highest BCUT2D eigenvalue weighted by atomic mass is 35.5. The number of oxime groups is 1. The number of benzene rings is 1.